The van der Waals surface area contributed by atoms with E-state index >= 15 is 0 Å². The summed E-state index contributed by atoms with van der Waals surface area (Å²) in [4.78, 5) is 0. The first-order chi connectivity index (χ1) is 5.68. The highest BCUT2D eigenvalue weighted by molar-refractivity contribution is 6.27. The first kappa shape index (κ1) is 12.4. The quantitative estimate of drug-likeness (QED) is 0.274. The number of alkyl halides is 1. The van der Waals surface area contributed by atoms with E-state index in [4.69, 9.17) is 25.5 Å². The molecule has 5 heteroatoms. The molecule has 0 heterocycles. The van der Waals surface area contributed by atoms with Crippen LogP contribution in [-0.2, 0) is 13.9 Å². The summed E-state index contributed by atoms with van der Waals surface area (Å²) in [6.45, 7) is 1.76. The topological polar surface area (TPSA) is 27.7 Å². The molecule has 0 aromatic heterocycles. The average Bonchev–Trinajstić information content (AvgIpc) is 2.12. The van der Waals surface area contributed by atoms with Gasteiger partial charge in [-0.1, -0.05) is 0 Å². The van der Waals surface area contributed by atoms with Crippen molar-refractivity contribution < 1.29 is 13.9 Å². The minimum Gasteiger partial charge on any atom is -0.376 e. The van der Waals surface area contributed by atoms with Gasteiger partial charge in [-0.05, 0) is 12.5 Å². The van der Waals surface area contributed by atoms with E-state index in [9.17, 15) is 0 Å². The first-order valence-corrected chi connectivity index (χ1v) is 6.10. The minimum absolute atomic E-state index is 0.560. The van der Waals surface area contributed by atoms with Gasteiger partial charge in [0.05, 0.1) is 0 Å². The van der Waals surface area contributed by atoms with Crippen LogP contribution < -0.4 is 0 Å². The van der Waals surface area contributed by atoms with Gasteiger partial charge in [-0.3, -0.25) is 0 Å². The molecule has 0 fully saturated rings. The molecule has 0 spiro atoms. The van der Waals surface area contributed by atoms with E-state index in [2.05, 4.69) is 0 Å². The van der Waals surface area contributed by atoms with Crippen LogP contribution in [0, 0.1) is 0 Å². The molecule has 0 aliphatic rings. The highest BCUT2D eigenvalue weighted by Crippen LogP contribution is 2.11. The molecule has 0 saturated carbocycles. The van der Waals surface area contributed by atoms with Crippen molar-refractivity contribution in [3.63, 3.8) is 0 Å². The van der Waals surface area contributed by atoms with Crippen molar-refractivity contribution in [2.24, 2.45) is 0 Å². The molecule has 0 atom stereocenters. The number of halogens is 1. The molecule has 74 valence electrons. The number of ether oxygens (including phenoxy) is 2. The Morgan fingerprint density at radius 1 is 1.33 bits per heavy atom. The molecule has 12 heavy (non-hydrogen) atoms. The molecule has 0 bridgehead atoms. The lowest BCUT2D eigenvalue weighted by molar-refractivity contribution is -0.310. The van der Waals surface area contributed by atoms with E-state index in [0.717, 1.165) is 12.5 Å². The molecule has 0 aliphatic heterocycles. The van der Waals surface area contributed by atoms with Crippen LogP contribution in [-0.4, -0.2) is 35.8 Å². The van der Waals surface area contributed by atoms with E-state index < -0.39 is 15.7 Å². The second-order valence-corrected chi connectivity index (χ2v) is 4.30. The second kappa shape index (κ2) is 6.86. The van der Waals surface area contributed by atoms with Crippen LogP contribution in [0.1, 0.15) is 13.3 Å². The highest BCUT2D eigenvalue weighted by atomic mass is 35.5. The Hall–Kier alpha value is 0.387. The van der Waals surface area contributed by atoms with Crippen molar-refractivity contribution in [1.29, 1.82) is 0 Å². The van der Waals surface area contributed by atoms with Gasteiger partial charge in [0.2, 0.25) is 0 Å². The van der Waals surface area contributed by atoms with Gasteiger partial charge >= 0.3 is 0 Å². The molecule has 0 saturated heterocycles. The van der Waals surface area contributed by atoms with Crippen molar-refractivity contribution >= 4 is 21.4 Å². The first-order valence-electron chi connectivity index (χ1n) is 3.98. The van der Waals surface area contributed by atoms with E-state index in [-0.39, 0.29) is 0 Å². The molecule has 3 nitrogen and oxygen atoms in total. The summed E-state index contributed by atoms with van der Waals surface area (Å²) in [6, 6.07) is 1.06. The van der Waals surface area contributed by atoms with Gasteiger partial charge < -0.3 is 13.9 Å². The monoisotopic (exact) mass is 212 g/mol. The fourth-order valence-electron chi connectivity index (χ4n) is 0.655. The largest absolute Gasteiger partial charge is 0.376 e. The Balaban J connectivity index is 3.45. The van der Waals surface area contributed by atoms with Gasteiger partial charge in [0.1, 0.15) is 0 Å². The summed E-state index contributed by atoms with van der Waals surface area (Å²) in [5.41, 5.74) is 0. The predicted octanol–water partition coefficient (Wildman–Crippen LogP) is 1.10. The summed E-state index contributed by atoms with van der Waals surface area (Å²) < 4.78 is 15.5. The fourth-order valence-corrected chi connectivity index (χ4v) is 2.37. The maximum Gasteiger partial charge on any atom is 0.269 e. The normalized spacial score (nSPS) is 13.0. The van der Waals surface area contributed by atoms with Crippen LogP contribution >= 0.6 is 11.6 Å². The lowest BCUT2D eigenvalue weighted by Crippen LogP contribution is -2.34. The average molecular weight is 213 g/mol. The fraction of sp³-hybridized carbons (Fsp3) is 1.00. The Bertz CT molecular complexity index is 109. The number of methoxy groups -OCH3 is 2. The van der Waals surface area contributed by atoms with Gasteiger partial charge in [-0.2, -0.15) is 0 Å². The van der Waals surface area contributed by atoms with E-state index in [1.54, 1.807) is 21.1 Å². The van der Waals surface area contributed by atoms with Crippen molar-refractivity contribution in [1.82, 2.24) is 0 Å². The summed E-state index contributed by atoms with van der Waals surface area (Å²) in [6.07, 6.45) is 1.01. The van der Waals surface area contributed by atoms with Crippen molar-refractivity contribution in [3.05, 3.63) is 0 Å². The van der Waals surface area contributed by atoms with Gasteiger partial charge in [0.25, 0.3) is 5.97 Å². The molecule has 0 radical (unpaired) electrons. The Labute approximate surface area is 81.3 Å². The van der Waals surface area contributed by atoms with Gasteiger partial charge in [0, 0.05) is 27.0 Å². The zero-order chi connectivity index (χ0) is 9.45. The third kappa shape index (κ3) is 5.11. The van der Waals surface area contributed by atoms with Crippen LogP contribution in [0.5, 0.6) is 0 Å². The maximum absolute atomic E-state index is 5.52. The summed E-state index contributed by atoms with van der Waals surface area (Å²) >= 11 is 5.52. The summed E-state index contributed by atoms with van der Waals surface area (Å²) in [7, 11) is 2.58. The molecule has 0 aliphatic carbocycles. The van der Waals surface area contributed by atoms with E-state index in [1.807, 2.05) is 0 Å². The third-order valence-electron chi connectivity index (χ3n) is 1.63. The molecule has 0 rings (SSSR count). The van der Waals surface area contributed by atoms with E-state index in [1.165, 1.54) is 0 Å². The second-order valence-electron chi connectivity index (χ2n) is 2.52. The van der Waals surface area contributed by atoms with Gasteiger partial charge in [-0.15, -0.1) is 11.6 Å². The lowest BCUT2D eigenvalue weighted by atomic mass is 10.6. The number of hydrogen-bond acceptors (Lipinski definition) is 3. The van der Waals surface area contributed by atoms with Crippen LogP contribution in [0.15, 0.2) is 0 Å². The molecular formula is C7H17ClO3Si. The minimum atomic E-state index is -0.849. The van der Waals surface area contributed by atoms with Crippen molar-refractivity contribution in [2.45, 2.75) is 25.4 Å². The molecule has 0 amide bonds. The van der Waals surface area contributed by atoms with Crippen LogP contribution in [0.4, 0.5) is 0 Å². The van der Waals surface area contributed by atoms with E-state index in [0.29, 0.717) is 5.88 Å². The van der Waals surface area contributed by atoms with Gasteiger partial charge in [0.15, 0.2) is 9.76 Å². The molecule has 0 unspecified atom stereocenters. The van der Waals surface area contributed by atoms with Gasteiger partial charge in [-0.25, -0.2) is 0 Å². The SMILES string of the molecule is COC(C)(OC)O[SiH2]CCCCl. The summed E-state index contributed by atoms with van der Waals surface area (Å²) in [5.74, 6) is -0.147. The van der Waals surface area contributed by atoms with Crippen molar-refractivity contribution in [3.8, 4) is 0 Å². The zero-order valence-corrected chi connectivity index (χ0v) is 10.1. The standard InChI is InChI=1S/C7H17ClO3Si/c1-7(9-2,10-3)11-12-6-4-5-8/h4-6,12H2,1-3H3. The number of hydrogen-bond donors (Lipinski definition) is 0. The molecule has 0 aromatic carbocycles. The van der Waals surface area contributed by atoms with Crippen LogP contribution in [0.25, 0.3) is 0 Å². The zero-order valence-electron chi connectivity index (χ0n) is 7.93. The Morgan fingerprint density at radius 3 is 2.33 bits per heavy atom. The van der Waals surface area contributed by atoms with Crippen LogP contribution in [0.3, 0.4) is 0 Å². The number of rotatable bonds is 7. The highest BCUT2D eigenvalue weighted by Gasteiger charge is 2.22. The third-order valence-corrected chi connectivity index (χ3v) is 3.42. The smallest absolute Gasteiger partial charge is 0.269 e. The summed E-state index contributed by atoms with van der Waals surface area (Å²) in [5, 5.41) is 0. The Morgan fingerprint density at radius 2 is 1.92 bits per heavy atom. The molecule has 0 aromatic rings. The predicted molar refractivity (Wildman–Crippen MR) is 52.2 cm³/mol. The maximum atomic E-state index is 5.52. The molecule has 0 N–H and O–H groups in total. The van der Waals surface area contributed by atoms with Crippen LogP contribution in [0.2, 0.25) is 6.04 Å². The lowest BCUT2D eigenvalue weighted by Gasteiger charge is -2.26. The van der Waals surface area contributed by atoms with Crippen molar-refractivity contribution in [2.75, 3.05) is 20.1 Å². The molecular weight excluding hydrogens is 196 g/mol. The Kier molecular flexibility index (Phi) is 7.08.